The first-order valence-electron chi connectivity index (χ1n) is 6.07. The molecule has 96 valence electrons. The zero-order valence-electron chi connectivity index (χ0n) is 10.7. The van der Waals surface area contributed by atoms with Crippen molar-refractivity contribution in [1.82, 2.24) is 5.32 Å². The Bertz CT molecular complexity index is 294. The second kappa shape index (κ2) is 8.63. The molecule has 0 heterocycles. The smallest absolute Gasteiger partial charge is 0.223 e. The van der Waals surface area contributed by atoms with Crippen molar-refractivity contribution in [2.24, 2.45) is 17.6 Å². The van der Waals surface area contributed by atoms with E-state index in [2.05, 4.69) is 11.2 Å². The van der Waals surface area contributed by atoms with Crippen LogP contribution in [-0.2, 0) is 9.59 Å². The summed E-state index contributed by atoms with van der Waals surface area (Å²) in [4.78, 5) is 22.7. The van der Waals surface area contributed by atoms with E-state index in [1.165, 1.54) is 0 Å². The molecular formula is C13H22N2O2. The van der Waals surface area contributed by atoms with Gasteiger partial charge in [0.1, 0.15) is 0 Å². The Labute approximate surface area is 103 Å². The quantitative estimate of drug-likeness (QED) is 0.620. The number of hydrogen-bond donors (Lipinski definition) is 2. The summed E-state index contributed by atoms with van der Waals surface area (Å²) in [7, 11) is 0. The van der Waals surface area contributed by atoms with Gasteiger partial charge >= 0.3 is 0 Å². The van der Waals surface area contributed by atoms with Gasteiger partial charge in [-0.3, -0.25) is 9.59 Å². The zero-order chi connectivity index (χ0) is 13.3. The predicted octanol–water partition coefficient (Wildman–Crippen LogP) is 1.05. The molecule has 0 aliphatic rings. The summed E-state index contributed by atoms with van der Waals surface area (Å²) in [6.45, 7) is 4.13. The van der Waals surface area contributed by atoms with Crippen LogP contribution in [0.4, 0.5) is 0 Å². The minimum Gasteiger partial charge on any atom is -0.369 e. The van der Waals surface area contributed by atoms with Crippen LogP contribution in [0.15, 0.2) is 0 Å². The molecule has 2 amide bonds. The molecule has 3 N–H and O–H groups in total. The van der Waals surface area contributed by atoms with E-state index in [0.29, 0.717) is 12.8 Å². The molecule has 0 rings (SSSR count). The highest BCUT2D eigenvalue weighted by molar-refractivity contribution is 5.79. The molecular weight excluding hydrogens is 216 g/mol. The summed E-state index contributed by atoms with van der Waals surface area (Å²) in [5.41, 5.74) is 5.27. The fourth-order valence-corrected chi connectivity index (χ4v) is 1.75. The second-order valence-electron chi connectivity index (χ2n) is 4.11. The van der Waals surface area contributed by atoms with Gasteiger partial charge < -0.3 is 11.1 Å². The summed E-state index contributed by atoms with van der Waals surface area (Å²) >= 11 is 0. The van der Waals surface area contributed by atoms with E-state index in [9.17, 15) is 9.59 Å². The van der Waals surface area contributed by atoms with Crippen LogP contribution in [-0.4, -0.2) is 18.4 Å². The van der Waals surface area contributed by atoms with Crippen molar-refractivity contribution >= 4 is 11.8 Å². The summed E-state index contributed by atoms with van der Waals surface area (Å²) < 4.78 is 0. The van der Waals surface area contributed by atoms with Gasteiger partial charge in [-0.15, -0.1) is 6.42 Å². The lowest BCUT2D eigenvalue weighted by Crippen LogP contribution is -2.31. The van der Waals surface area contributed by atoms with Crippen LogP contribution in [0, 0.1) is 24.2 Å². The number of hydrogen-bond acceptors (Lipinski definition) is 2. The van der Waals surface area contributed by atoms with Crippen molar-refractivity contribution in [1.29, 1.82) is 0 Å². The fraction of sp³-hybridized carbons (Fsp3) is 0.692. The van der Waals surface area contributed by atoms with Gasteiger partial charge in [-0.1, -0.05) is 19.8 Å². The van der Waals surface area contributed by atoms with Gasteiger partial charge in [0.05, 0.1) is 6.54 Å². The lowest BCUT2D eigenvalue weighted by molar-refractivity contribution is -0.126. The summed E-state index contributed by atoms with van der Waals surface area (Å²) in [6, 6.07) is 0. The third kappa shape index (κ3) is 5.96. The molecule has 2 atom stereocenters. The van der Waals surface area contributed by atoms with Gasteiger partial charge in [0, 0.05) is 11.8 Å². The van der Waals surface area contributed by atoms with Crippen LogP contribution >= 0.6 is 0 Å². The maximum absolute atomic E-state index is 11.7. The molecule has 0 aromatic heterocycles. The number of nitrogens with two attached hydrogens (primary N) is 1. The summed E-state index contributed by atoms with van der Waals surface area (Å²) in [5.74, 6) is 1.82. The lowest BCUT2D eigenvalue weighted by atomic mass is 9.91. The number of nitrogens with one attached hydrogen (secondary N) is 1. The second-order valence-corrected chi connectivity index (χ2v) is 4.11. The van der Waals surface area contributed by atoms with Crippen LogP contribution < -0.4 is 11.1 Å². The summed E-state index contributed by atoms with van der Waals surface area (Å²) in [6.07, 6.45) is 7.87. The van der Waals surface area contributed by atoms with Crippen LogP contribution in [0.1, 0.15) is 39.5 Å². The fourth-order valence-electron chi connectivity index (χ4n) is 1.75. The van der Waals surface area contributed by atoms with Crippen LogP contribution in [0.25, 0.3) is 0 Å². The van der Waals surface area contributed by atoms with Gasteiger partial charge in [-0.25, -0.2) is 0 Å². The summed E-state index contributed by atoms with van der Waals surface area (Å²) in [5, 5.41) is 2.66. The van der Waals surface area contributed by atoms with Gasteiger partial charge in [0.2, 0.25) is 11.8 Å². The minimum atomic E-state index is -0.286. The van der Waals surface area contributed by atoms with Gasteiger partial charge in [0.15, 0.2) is 0 Å². The SMILES string of the molecule is C#CCNC(=O)C(CC)CCC(CC)C(N)=O. The molecule has 0 saturated carbocycles. The molecule has 0 fully saturated rings. The Morgan fingerprint density at radius 3 is 2.18 bits per heavy atom. The number of primary amides is 1. The molecule has 0 spiro atoms. The van der Waals surface area contributed by atoms with Crippen molar-refractivity contribution in [2.45, 2.75) is 39.5 Å². The monoisotopic (exact) mass is 238 g/mol. The number of carbonyl (C=O) groups excluding carboxylic acids is 2. The molecule has 17 heavy (non-hydrogen) atoms. The van der Waals surface area contributed by atoms with Crippen LogP contribution in [0.3, 0.4) is 0 Å². The van der Waals surface area contributed by atoms with Crippen molar-refractivity contribution in [3.8, 4) is 12.3 Å². The Balaban J connectivity index is 4.17. The third-order valence-corrected chi connectivity index (χ3v) is 2.99. The van der Waals surface area contributed by atoms with Crippen molar-refractivity contribution in [3.63, 3.8) is 0 Å². The Kier molecular flexibility index (Phi) is 7.87. The molecule has 0 saturated heterocycles. The Morgan fingerprint density at radius 1 is 1.24 bits per heavy atom. The molecule has 2 unspecified atom stereocenters. The first-order valence-corrected chi connectivity index (χ1v) is 6.07. The average Bonchev–Trinajstić information content (AvgIpc) is 2.31. The number of carbonyl (C=O) groups is 2. The van der Waals surface area contributed by atoms with Gasteiger partial charge in [-0.05, 0) is 25.7 Å². The predicted molar refractivity (Wildman–Crippen MR) is 67.8 cm³/mol. The molecule has 0 radical (unpaired) electrons. The normalized spacial score (nSPS) is 13.5. The van der Waals surface area contributed by atoms with Gasteiger partial charge in [0.25, 0.3) is 0 Å². The number of terminal acetylenes is 1. The topological polar surface area (TPSA) is 72.2 Å². The van der Waals surface area contributed by atoms with Crippen molar-refractivity contribution in [2.75, 3.05) is 6.54 Å². The molecule has 0 aromatic carbocycles. The first-order chi connectivity index (χ1) is 8.06. The standard InChI is InChI=1S/C13H22N2O2/c1-4-9-15-13(17)11(6-3)8-7-10(5-2)12(14)16/h1,10-11H,5-9H2,2-3H3,(H2,14,16)(H,15,17). The van der Waals surface area contributed by atoms with Crippen molar-refractivity contribution < 1.29 is 9.59 Å². The Hall–Kier alpha value is -1.50. The average molecular weight is 238 g/mol. The number of rotatable bonds is 8. The van der Waals surface area contributed by atoms with Crippen molar-refractivity contribution in [3.05, 3.63) is 0 Å². The molecule has 0 aliphatic carbocycles. The van der Waals surface area contributed by atoms with E-state index in [-0.39, 0.29) is 30.2 Å². The van der Waals surface area contributed by atoms with E-state index in [4.69, 9.17) is 12.2 Å². The number of amides is 2. The maximum atomic E-state index is 11.7. The molecule has 0 aliphatic heterocycles. The molecule has 4 nitrogen and oxygen atoms in total. The lowest BCUT2D eigenvalue weighted by Gasteiger charge is -2.16. The minimum absolute atomic E-state index is 0.0372. The molecule has 0 aromatic rings. The Morgan fingerprint density at radius 2 is 1.76 bits per heavy atom. The van der Waals surface area contributed by atoms with E-state index in [0.717, 1.165) is 12.8 Å². The highest BCUT2D eigenvalue weighted by Crippen LogP contribution is 2.18. The van der Waals surface area contributed by atoms with E-state index < -0.39 is 0 Å². The van der Waals surface area contributed by atoms with Crippen LogP contribution in [0.5, 0.6) is 0 Å². The van der Waals surface area contributed by atoms with E-state index in [1.54, 1.807) is 0 Å². The highest BCUT2D eigenvalue weighted by atomic mass is 16.2. The third-order valence-electron chi connectivity index (χ3n) is 2.99. The maximum Gasteiger partial charge on any atom is 0.223 e. The first kappa shape index (κ1) is 15.5. The zero-order valence-corrected chi connectivity index (χ0v) is 10.7. The van der Waals surface area contributed by atoms with E-state index >= 15 is 0 Å². The largest absolute Gasteiger partial charge is 0.369 e. The van der Waals surface area contributed by atoms with E-state index in [1.807, 2.05) is 13.8 Å². The highest BCUT2D eigenvalue weighted by Gasteiger charge is 2.19. The van der Waals surface area contributed by atoms with Crippen LogP contribution in [0.2, 0.25) is 0 Å². The molecule has 4 heteroatoms. The molecule has 0 bridgehead atoms. The van der Waals surface area contributed by atoms with Gasteiger partial charge in [-0.2, -0.15) is 0 Å².